The van der Waals surface area contributed by atoms with Crippen LogP contribution in [-0.2, 0) is 6.54 Å². The first-order chi connectivity index (χ1) is 14.1. The maximum atomic E-state index is 13.3. The molecule has 0 N–H and O–H groups in total. The van der Waals surface area contributed by atoms with Gasteiger partial charge in [-0.05, 0) is 49.8 Å². The van der Waals surface area contributed by atoms with E-state index in [-0.39, 0.29) is 17.5 Å². The Morgan fingerprint density at radius 1 is 1.10 bits per heavy atom. The topological polar surface area (TPSA) is 63.9 Å². The molecule has 2 aliphatic rings. The standard InChI is InChI=1S/C23H27N5O/c1-15(2)21-24-12-11-20(26-21)27-13-5-8-19(27)22-25-18-7-4-3-6-17(18)23(29)28(22)14-16-9-10-16/h3-4,6-7,11-12,15-16,19H,5,8-10,13-14H2,1-2H3. The molecule has 1 aliphatic heterocycles. The lowest BCUT2D eigenvalue weighted by Crippen LogP contribution is -2.33. The summed E-state index contributed by atoms with van der Waals surface area (Å²) in [6.45, 7) is 5.92. The van der Waals surface area contributed by atoms with Gasteiger partial charge in [-0.3, -0.25) is 9.36 Å². The van der Waals surface area contributed by atoms with E-state index in [0.717, 1.165) is 48.9 Å². The van der Waals surface area contributed by atoms with Crippen molar-refractivity contribution in [2.75, 3.05) is 11.4 Å². The summed E-state index contributed by atoms with van der Waals surface area (Å²) in [7, 11) is 0. The first-order valence-corrected chi connectivity index (χ1v) is 10.7. The lowest BCUT2D eigenvalue weighted by atomic mass is 10.1. The third-order valence-electron chi connectivity index (χ3n) is 6.05. The quantitative estimate of drug-likeness (QED) is 0.658. The fraction of sp³-hybridized carbons (Fsp3) is 0.478. The van der Waals surface area contributed by atoms with Crippen LogP contribution >= 0.6 is 0 Å². The number of aromatic nitrogens is 4. The molecule has 2 aromatic heterocycles. The van der Waals surface area contributed by atoms with Crippen LogP contribution in [0.15, 0.2) is 41.3 Å². The Morgan fingerprint density at radius 3 is 2.72 bits per heavy atom. The highest BCUT2D eigenvalue weighted by atomic mass is 16.1. The Bertz CT molecular complexity index is 1100. The first kappa shape index (κ1) is 18.3. The predicted molar refractivity (Wildman–Crippen MR) is 114 cm³/mol. The summed E-state index contributed by atoms with van der Waals surface area (Å²) < 4.78 is 1.95. The van der Waals surface area contributed by atoms with Crippen molar-refractivity contribution in [2.45, 2.75) is 58.0 Å². The zero-order valence-corrected chi connectivity index (χ0v) is 17.1. The predicted octanol–water partition coefficient (Wildman–Crippen LogP) is 4.06. The Hall–Kier alpha value is -2.76. The smallest absolute Gasteiger partial charge is 0.261 e. The minimum absolute atomic E-state index is 0.0703. The second-order valence-electron chi connectivity index (χ2n) is 8.63. The van der Waals surface area contributed by atoms with Gasteiger partial charge in [-0.15, -0.1) is 0 Å². The first-order valence-electron chi connectivity index (χ1n) is 10.7. The molecule has 150 valence electrons. The van der Waals surface area contributed by atoms with Crippen molar-refractivity contribution in [2.24, 2.45) is 5.92 Å². The van der Waals surface area contributed by atoms with Crippen LogP contribution in [0, 0.1) is 5.92 Å². The van der Waals surface area contributed by atoms with Crippen LogP contribution in [0.2, 0.25) is 0 Å². The summed E-state index contributed by atoms with van der Waals surface area (Å²) in [6, 6.07) is 9.76. The van der Waals surface area contributed by atoms with E-state index >= 15 is 0 Å². The highest BCUT2D eigenvalue weighted by Crippen LogP contribution is 2.36. The molecule has 0 amide bonds. The Balaban J connectivity index is 1.62. The van der Waals surface area contributed by atoms with Crippen LogP contribution in [0.4, 0.5) is 5.82 Å². The van der Waals surface area contributed by atoms with Gasteiger partial charge in [0.15, 0.2) is 0 Å². The highest BCUT2D eigenvalue weighted by Gasteiger charge is 2.33. The van der Waals surface area contributed by atoms with Crippen LogP contribution in [0.25, 0.3) is 10.9 Å². The molecule has 6 nitrogen and oxygen atoms in total. The summed E-state index contributed by atoms with van der Waals surface area (Å²) in [4.78, 5) is 29.9. The third kappa shape index (κ3) is 3.41. The van der Waals surface area contributed by atoms with Gasteiger partial charge in [-0.25, -0.2) is 15.0 Å². The van der Waals surface area contributed by atoms with Crippen molar-refractivity contribution in [1.82, 2.24) is 19.5 Å². The SMILES string of the molecule is CC(C)c1nccc(N2CCCC2c2nc3ccccc3c(=O)n2CC2CC2)n1. The molecule has 3 aromatic rings. The zero-order chi connectivity index (χ0) is 20.0. The number of fused-ring (bicyclic) bond motifs is 1. The maximum Gasteiger partial charge on any atom is 0.261 e. The minimum Gasteiger partial charge on any atom is -0.346 e. The normalized spacial score (nSPS) is 19.4. The van der Waals surface area contributed by atoms with E-state index in [1.165, 1.54) is 12.8 Å². The molecule has 1 saturated heterocycles. The molecule has 1 saturated carbocycles. The fourth-order valence-electron chi connectivity index (χ4n) is 4.29. The number of nitrogens with zero attached hydrogens (tertiary/aromatic N) is 5. The number of anilines is 1. The number of rotatable bonds is 5. The average Bonchev–Trinajstić information content (AvgIpc) is 3.42. The van der Waals surface area contributed by atoms with E-state index in [1.807, 2.05) is 41.1 Å². The van der Waals surface area contributed by atoms with Gasteiger partial charge < -0.3 is 4.90 Å². The Labute approximate surface area is 170 Å². The maximum absolute atomic E-state index is 13.3. The Kier molecular flexibility index (Phi) is 4.57. The minimum atomic E-state index is 0.0703. The van der Waals surface area contributed by atoms with E-state index in [0.29, 0.717) is 11.3 Å². The molecule has 1 aliphatic carbocycles. The van der Waals surface area contributed by atoms with E-state index in [9.17, 15) is 4.79 Å². The largest absolute Gasteiger partial charge is 0.346 e. The molecule has 6 heteroatoms. The second kappa shape index (κ2) is 7.25. The summed E-state index contributed by atoms with van der Waals surface area (Å²) in [5.41, 5.74) is 0.881. The molecule has 1 unspecified atom stereocenters. The van der Waals surface area contributed by atoms with Gasteiger partial charge in [-0.1, -0.05) is 26.0 Å². The van der Waals surface area contributed by atoms with Gasteiger partial charge >= 0.3 is 0 Å². The molecule has 2 fully saturated rings. The van der Waals surface area contributed by atoms with Crippen molar-refractivity contribution in [3.05, 3.63) is 58.5 Å². The van der Waals surface area contributed by atoms with Crippen molar-refractivity contribution < 1.29 is 0 Å². The lowest BCUT2D eigenvalue weighted by Gasteiger charge is -2.28. The van der Waals surface area contributed by atoms with Crippen molar-refractivity contribution in [3.8, 4) is 0 Å². The van der Waals surface area contributed by atoms with Gasteiger partial charge in [0, 0.05) is 25.2 Å². The van der Waals surface area contributed by atoms with Gasteiger partial charge in [0.05, 0.1) is 16.9 Å². The van der Waals surface area contributed by atoms with Crippen LogP contribution in [-0.4, -0.2) is 26.1 Å². The lowest BCUT2D eigenvalue weighted by molar-refractivity contribution is 0.525. The van der Waals surface area contributed by atoms with Crippen molar-refractivity contribution in [1.29, 1.82) is 0 Å². The number of hydrogen-bond donors (Lipinski definition) is 0. The molecule has 3 heterocycles. The van der Waals surface area contributed by atoms with Crippen LogP contribution in [0.3, 0.4) is 0 Å². The van der Waals surface area contributed by atoms with Crippen LogP contribution in [0.5, 0.6) is 0 Å². The number of para-hydroxylation sites is 1. The Morgan fingerprint density at radius 2 is 1.93 bits per heavy atom. The molecule has 1 atom stereocenters. The van der Waals surface area contributed by atoms with E-state index < -0.39 is 0 Å². The fourth-order valence-corrected chi connectivity index (χ4v) is 4.29. The molecule has 0 bridgehead atoms. The summed E-state index contributed by atoms with van der Waals surface area (Å²) in [5.74, 6) is 3.57. The molecular weight excluding hydrogens is 362 g/mol. The number of benzene rings is 1. The second-order valence-corrected chi connectivity index (χ2v) is 8.63. The highest BCUT2D eigenvalue weighted by molar-refractivity contribution is 5.77. The summed E-state index contributed by atoms with van der Waals surface area (Å²) in [5, 5.41) is 0.713. The van der Waals surface area contributed by atoms with Gasteiger partial charge in [0.2, 0.25) is 0 Å². The summed E-state index contributed by atoms with van der Waals surface area (Å²) >= 11 is 0. The van der Waals surface area contributed by atoms with E-state index in [1.54, 1.807) is 0 Å². The monoisotopic (exact) mass is 389 g/mol. The van der Waals surface area contributed by atoms with Gasteiger partial charge in [-0.2, -0.15) is 0 Å². The van der Waals surface area contributed by atoms with Crippen molar-refractivity contribution >= 4 is 16.7 Å². The molecule has 1 aromatic carbocycles. The third-order valence-corrected chi connectivity index (χ3v) is 6.05. The van der Waals surface area contributed by atoms with Gasteiger partial charge in [0.25, 0.3) is 5.56 Å². The van der Waals surface area contributed by atoms with Crippen LogP contribution in [0.1, 0.15) is 63.1 Å². The zero-order valence-electron chi connectivity index (χ0n) is 17.1. The van der Waals surface area contributed by atoms with Gasteiger partial charge in [0.1, 0.15) is 17.5 Å². The molecule has 5 rings (SSSR count). The molecule has 29 heavy (non-hydrogen) atoms. The van der Waals surface area contributed by atoms with E-state index in [4.69, 9.17) is 9.97 Å². The molecule has 0 radical (unpaired) electrons. The molecular formula is C23H27N5O. The van der Waals surface area contributed by atoms with Crippen LogP contribution < -0.4 is 10.5 Å². The van der Waals surface area contributed by atoms with Crippen molar-refractivity contribution in [3.63, 3.8) is 0 Å². The summed E-state index contributed by atoms with van der Waals surface area (Å²) in [6.07, 6.45) is 6.31. The number of hydrogen-bond acceptors (Lipinski definition) is 5. The van der Waals surface area contributed by atoms with E-state index in [2.05, 4.69) is 23.7 Å². The molecule has 0 spiro atoms. The average molecular weight is 390 g/mol.